The van der Waals surface area contributed by atoms with E-state index in [0.29, 0.717) is 19.7 Å². The van der Waals surface area contributed by atoms with Crippen LogP contribution in [0.4, 0.5) is 0 Å². The SMILES string of the molecule is CCNC(=O)CN(C)CCCOc1ccccc1C. The highest BCUT2D eigenvalue weighted by atomic mass is 16.5. The molecule has 19 heavy (non-hydrogen) atoms. The maximum atomic E-state index is 11.4. The maximum absolute atomic E-state index is 11.4. The van der Waals surface area contributed by atoms with E-state index in [0.717, 1.165) is 24.3 Å². The van der Waals surface area contributed by atoms with Crippen LogP contribution in [0.2, 0.25) is 0 Å². The van der Waals surface area contributed by atoms with Gasteiger partial charge in [-0.05, 0) is 38.9 Å². The van der Waals surface area contributed by atoms with Gasteiger partial charge in [0, 0.05) is 13.1 Å². The van der Waals surface area contributed by atoms with E-state index in [2.05, 4.69) is 5.32 Å². The molecule has 0 spiro atoms. The number of likely N-dealkylation sites (N-methyl/N-ethyl adjacent to an activating group) is 2. The van der Waals surface area contributed by atoms with Crippen LogP contribution in [-0.4, -0.2) is 44.1 Å². The molecular formula is C15H24N2O2. The van der Waals surface area contributed by atoms with Crippen molar-refractivity contribution in [1.29, 1.82) is 0 Å². The van der Waals surface area contributed by atoms with E-state index in [9.17, 15) is 4.79 Å². The van der Waals surface area contributed by atoms with Crippen molar-refractivity contribution in [3.63, 3.8) is 0 Å². The fourth-order valence-electron chi connectivity index (χ4n) is 1.81. The molecule has 0 fully saturated rings. The second-order valence-corrected chi connectivity index (χ2v) is 4.66. The third kappa shape index (κ3) is 6.25. The summed E-state index contributed by atoms with van der Waals surface area (Å²) in [7, 11) is 1.95. The molecule has 1 N–H and O–H groups in total. The van der Waals surface area contributed by atoms with Crippen molar-refractivity contribution in [3.8, 4) is 5.75 Å². The first-order valence-electron chi connectivity index (χ1n) is 6.77. The summed E-state index contributed by atoms with van der Waals surface area (Å²) < 4.78 is 5.71. The number of amides is 1. The van der Waals surface area contributed by atoms with Gasteiger partial charge in [0.15, 0.2) is 0 Å². The second kappa shape index (κ2) is 8.53. The van der Waals surface area contributed by atoms with Gasteiger partial charge in [-0.1, -0.05) is 18.2 Å². The van der Waals surface area contributed by atoms with Gasteiger partial charge in [0.05, 0.1) is 13.2 Å². The van der Waals surface area contributed by atoms with Crippen LogP contribution >= 0.6 is 0 Å². The monoisotopic (exact) mass is 264 g/mol. The summed E-state index contributed by atoms with van der Waals surface area (Å²) in [6, 6.07) is 8.00. The minimum Gasteiger partial charge on any atom is -0.493 e. The van der Waals surface area contributed by atoms with Gasteiger partial charge in [0.1, 0.15) is 5.75 Å². The summed E-state index contributed by atoms with van der Waals surface area (Å²) in [5, 5.41) is 2.79. The fraction of sp³-hybridized carbons (Fsp3) is 0.533. The molecule has 1 aromatic rings. The highest BCUT2D eigenvalue weighted by Gasteiger charge is 2.05. The molecule has 0 bridgehead atoms. The van der Waals surface area contributed by atoms with Crippen molar-refractivity contribution < 1.29 is 9.53 Å². The van der Waals surface area contributed by atoms with Gasteiger partial charge in [-0.25, -0.2) is 0 Å². The van der Waals surface area contributed by atoms with Gasteiger partial charge < -0.3 is 10.1 Å². The molecule has 0 saturated carbocycles. The van der Waals surface area contributed by atoms with Gasteiger partial charge >= 0.3 is 0 Å². The van der Waals surface area contributed by atoms with E-state index in [1.54, 1.807) is 0 Å². The Balaban J connectivity index is 2.17. The lowest BCUT2D eigenvalue weighted by Crippen LogP contribution is -2.35. The molecule has 4 nitrogen and oxygen atoms in total. The molecule has 0 aliphatic heterocycles. The average Bonchev–Trinajstić information content (AvgIpc) is 2.36. The molecule has 0 atom stereocenters. The first kappa shape index (κ1) is 15.5. The molecule has 106 valence electrons. The molecule has 0 aliphatic rings. The number of nitrogens with zero attached hydrogens (tertiary/aromatic N) is 1. The highest BCUT2D eigenvalue weighted by Crippen LogP contribution is 2.16. The Morgan fingerprint density at radius 1 is 1.37 bits per heavy atom. The quantitative estimate of drug-likeness (QED) is 0.728. The summed E-state index contributed by atoms with van der Waals surface area (Å²) in [4.78, 5) is 13.4. The maximum Gasteiger partial charge on any atom is 0.234 e. The molecule has 0 unspecified atom stereocenters. The van der Waals surface area contributed by atoms with Gasteiger partial charge in [-0.3, -0.25) is 9.69 Å². The molecule has 1 amide bonds. The zero-order valence-corrected chi connectivity index (χ0v) is 12.1. The van der Waals surface area contributed by atoms with Gasteiger partial charge in [0.25, 0.3) is 0 Å². The average molecular weight is 264 g/mol. The molecule has 0 aliphatic carbocycles. The van der Waals surface area contributed by atoms with Crippen LogP contribution in [0.5, 0.6) is 5.75 Å². The molecule has 1 aromatic carbocycles. The van der Waals surface area contributed by atoms with Crippen LogP contribution in [0, 0.1) is 6.92 Å². The molecule has 0 aromatic heterocycles. The number of para-hydroxylation sites is 1. The van der Waals surface area contributed by atoms with Crippen molar-refractivity contribution >= 4 is 5.91 Å². The standard InChI is InChI=1S/C15H24N2O2/c1-4-16-15(18)12-17(3)10-7-11-19-14-9-6-5-8-13(14)2/h5-6,8-9H,4,7,10-12H2,1-3H3,(H,16,18). The third-order valence-corrected chi connectivity index (χ3v) is 2.82. The van der Waals surface area contributed by atoms with Crippen LogP contribution in [0.3, 0.4) is 0 Å². The number of benzene rings is 1. The van der Waals surface area contributed by atoms with Crippen LogP contribution in [0.1, 0.15) is 18.9 Å². The number of aryl methyl sites for hydroxylation is 1. The van der Waals surface area contributed by atoms with Crippen molar-refractivity contribution in [3.05, 3.63) is 29.8 Å². The smallest absolute Gasteiger partial charge is 0.234 e. The Hall–Kier alpha value is -1.55. The van der Waals surface area contributed by atoms with E-state index < -0.39 is 0 Å². The fourth-order valence-corrected chi connectivity index (χ4v) is 1.81. The third-order valence-electron chi connectivity index (χ3n) is 2.82. The van der Waals surface area contributed by atoms with Crippen molar-refractivity contribution in [2.24, 2.45) is 0 Å². The Kier molecular flexibility index (Phi) is 6.97. The minimum absolute atomic E-state index is 0.0739. The van der Waals surface area contributed by atoms with E-state index in [1.165, 1.54) is 0 Å². The molecule has 0 saturated heterocycles. The molecule has 0 heterocycles. The highest BCUT2D eigenvalue weighted by molar-refractivity contribution is 5.77. The topological polar surface area (TPSA) is 41.6 Å². The zero-order valence-electron chi connectivity index (χ0n) is 12.1. The van der Waals surface area contributed by atoms with Crippen molar-refractivity contribution in [2.45, 2.75) is 20.3 Å². The number of nitrogens with one attached hydrogen (secondary N) is 1. The first-order valence-corrected chi connectivity index (χ1v) is 6.77. The molecule has 0 radical (unpaired) electrons. The summed E-state index contributed by atoms with van der Waals surface area (Å²) in [6.07, 6.45) is 0.907. The van der Waals surface area contributed by atoms with Gasteiger partial charge in [-0.15, -0.1) is 0 Å². The minimum atomic E-state index is 0.0739. The van der Waals surface area contributed by atoms with E-state index in [1.807, 2.05) is 50.1 Å². The lowest BCUT2D eigenvalue weighted by atomic mass is 10.2. The number of ether oxygens (including phenoxy) is 1. The van der Waals surface area contributed by atoms with Crippen molar-refractivity contribution in [1.82, 2.24) is 10.2 Å². The Bertz CT molecular complexity index is 393. The zero-order chi connectivity index (χ0) is 14.1. The molecular weight excluding hydrogens is 240 g/mol. The predicted molar refractivity (Wildman–Crippen MR) is 77.5 cm³/mol. The van der Waals surface area contributed by atoms with E-state index in [-0.39, 0.29) is 5.91 Å². The Morgan fingerprint density at radius 2 is 2.11 bits per heavy atom. The predicted octanol–water partition coefficient (Wildman–Crippen LogP) is 1.83. The number of hydrogen-bond acceptors (Lipinski definition) is 3. The Labute approximate surface area is 115 Å². The van der Waals surface area contributed by atoms with Crippen LogP contribution < -0.4 is 10.1 Å². The lowest BCUT2D eigenvalue weighted by molar-refractivity contribution is -0.121. The lowest BCUT2D eigenvalue weighted by Gasteiger charge is -2.16. The largest absolute Gasteiger partial charge is 0.493 e. The number of hydrogen-bond donors (Lipinski definition) is 1. The van der Waals surface area contributed by atoms with Gasteiger partial charge in [0.2, 0.25) is 5.91 Å². The summed E-state index contributed by atoms with van der Waals surface area (Å²) in [6.45, 7) is 6.61. The second-order valence-electron chi connectivity index (χ2n) is 4.66. The summed E-state index contributed by atoms with van der Waals surface area (Å²) >= 11 is 0. The molecule has 4 heteroatoms. The molecule has 1 rings (SSSR count). The summed E-state index contributed by atoms with van der Waals surface area (Å²) in [5.41, 5.74) is 1.15. The van der Waals surface area contributed by atoms with Crippen LogP contribution in [-0.2, 0) is 4.79 Å². The number of rotatable bonds is 8. The van der Waals surface area contributed by atoms with Crippen LogP contribution in [0.15, 0.2) is 24.3 Å². The van der Waals surface area contributed by atoms with Gasteiger partial charge in [-0.2, -0.15) is 0 Å². The van der Waals surface area contributed by atoms with Crippen molar-refractivity contribution in [2.75, 3.05) is 33.3 Å². The summed E-state index contributed by atoms with van der Waals surface area (Å²) in [5.74, 6) is 1.01. The van der Waals surface area contributed by atoms with E-state index >= 15 is 0 Å². The van der Waals surface area contributed by atoms with Crippen LogP contribution in [0.25, 0.3) is 0 Å². The first-order chi connectivity index (χ1) is 9.13. The normalized spacial score (nSPS) is 10.5. The number of carbonyl (C=O) groups excluding carboxylic acids is 1. The van der Waals surface area contributed by atoms with E-state index in [4.69, 9.17) is 4.74 Å². The number of carbonyl (C=O) groups is 1. The Morgan fingerprint density at radius 3 is 2.79 bits per heavy atom.